The van der Waals surface area contributed by atoms with Crippen molar-refractivity contribution in [3.63, 3.8) is 0 Å². The summed E-state index contributed by atoms with van der Waals surface area (Å²) in [6.45, 7) is 2.50. The summed E-state index contributed by atoms with van der Waals surface area (Å²) >= 11 is 0. The van der Waals surface area contributed by atoms with E-state index in [1.54, 1.807) is 37.4 Å². The van der Waals surface area contributed by atoms with Crippen molar-refractivity contribution < 1.29 is 14.3 Å². The fraction of sp³-hybridized carbons (Fsp3) is 0.222. The second-order valence-corrected chi connectivity index (χ2v) is 5.20. The van der Waals surface area contributed by atoms with Crippen LogP contribution in [0.5, 0.6) is 0 Å². The van der Waals surface area contributed by atoms with Gasteiger partial charge in [0.2, 0.25) is 0 Å². The van der Waals surface area contributed by atoms with Crippen LogP contribution in [0.15, 0.2) is 42.5 Å². The van der Waals surface area contributed by atoms with E-state index in [2.05, 4.69) is 5.32 Å². The highest BCUT2D eigenvalue weighted by molar-refractivity contribution is 6.09. The van der Waals surface area contributed by atoms with Gasteiger partial charge in [-0.3, -0.25) is 9.59 Å². The first-order valence-electron chi connectivity index (χ1n) is 7.32. The molecule has 0 aliphatic rings. The van der Waals surface area contributed by atoms with Gasteiger partial charge in [-0.1, -0.05) is 24.3 Å². The minimum absolute atomic E-state index is 0.268. The van der Waals surface area contributed by atoms with Crippen molar-refractivity contribution in [2.75, 3.05) is 19.0 Å². The largest absolute Gasteiger partial charge is 0.384 e. The summed E-state index contributed by atoms with van der Waals surface area (Å²) in [5.74, 6) is -0.845. The number of hydrogen-bond donors (Lipinski definition) is 2. The Kier molecular flexibility index (Phi) is 5.49. The minimum atomic E-state index is -0.577. The van der Waals surface area contributed by atoms with E-state index in [1.807, 2.05) is 19.1 Å². The Morgan fingerprint density at radius 2 is 1.78 bits per heavy atom. The summed E-state index contributed by atoms with van der Waals surface area (Å²) in [7, 11) is 1.65. The van der Waals surface area contributed by atoms with Crippen LogP contribution in [0.2, 0.25) is 0 Å². The molecule has 0 bridgehead atoms. The Morgan fingerprint density at radius 3 is 2.48 bits per heavy atom. The van der Waals surface area contributed by atoms with E-state index in [0.29, 0.717) is 17.9 Å². The predicted molar refractivity (Wildman–Crippen MR) is 89.7 cm³/mol. The maximum absolute atomic E-state index is 12.5. The van der Waals surface area contributed by atoms with Crippen LogP contribution in [0.4, 0.5) is 5.69 Å². The number of methoxy groups -OCH3 is 1. The van der Waals surface area contributed by atoms with Gasteiger partial charge in [-0.15, -0.1) is 0 Å². The topological polar surface area (TPSA) is 81.4 Å². The molecule has 23 heavy (non-hydrogen) atoms. The van der Waals surface area contributed by atoms with Crippen molar-refractivity contribution in [3.05, 3.63) is 64.7 Å². The van der Waals surface area contributed by atoms with Crippen LogP contribution in [-0.2, 0) is 11.2 Å². The number of ether oxygens (including phenoxy) is 1. The summed E-state index contributed by atoms with van der Waals surface area (Å²) < 4.78 is 5.09. The highest BCUT2D eigenvalue weighted by Gasteiger charge is 2.14. The molecule has 0 spiro atoms. The molecule has 120 valence electrons. The summed E-state index contributed by atoms with van der Waals surface area (Å²) in [6.07, 6.45) is 0.737. The quantitative estimate of drug-likeness (QED) is 0.860. The van der Waals surface area contributed by atoms with Crippen LogP contribution in [-0.4, -0.2) is 25.5 Å². The standard InChI is InChI=1S/C18H20N2O3/c1-12-13(10-11-23-2)6-5-8-14(12)18(22)20-16-9-4-3-7-15(16)17(19)21/h3-9H,10-11H2,1-2H3,(H2,19,21)(H,20,22). The number of hydrogen-bond acceptors (Lipinski definition) is 3. The predicted octanol–water partition coefficient (Wildman–Crippen LogP) is 2.54. The van der Waals surface area contributed by atoms with E-state index in [0.717, 1.165) is 17.5 Å². The van der Waals surface area contributed by atoms with Crippen molar-refractivity contribution >= 4 is 17.5 Å². The Hall–Kier alpha value is -2.66. The summed E-state index contributed by atoms with van der Waals surface area (Å²) in [4.78, 5) is 24.0. The summed E-state index contributed by atoms with van der Waals surface area (Å²) in [6, 6.07) is 12.3. The van der Waals surface area contributed by atoms with Crippen LogP contribution in [0.1, 0.15) is 31.8 Å². The number of carbonyl (C=O) groups is 2. The molecule has 0 saturated carbocycles. The lowest BCUT2D eigenvalue weighted by Crippen LogP contribution is -2.19. The number of primary amides is 1. The highest BCUT2D eigenvalue weighted by Crippen LogP contribution is 2.19. The van der Waals surface area contributed by atoms with Gasteiger partial charge in [-0.05, 0) is 42.7 Å². The van der Waals surface area contributed by atoms with Crippen LogP contribution in [0, 0.1) is 6.92 Å². The second-order valence-electron chi connectivity index (χ2n) is 5.20. The van der Waals surface area contributed by atoms with E-state index in [1.165, 1.54) is 0 Å². The zero-order chi connectivity index (χ0) is 16.8. The van der Waals surface area contributed by atoms with Gasteiger partial charge in [0.25, 0.3) is 11.8 Å². The third-order valence-corrected chi connectivity index (χ3v) is 3.71. The zero-order valence-corrected chi connectivity index (χ0v) is 13.3. The third-order valence-electron chi connectivity index (χ3n) is 3.71. The number of rotatable bonds is 6. The number of benzene rings is 2. The Bertz CT molecular complexity index is 726. The maximum Gasteiger partial charge on any atom is 0.255 e. The van der Waals surface area contributed by atoms with E-state index < -0.39 is 5.91 Å². The normalized spacial score (nSPS) is 10.3. The molecule has 0 aromatic heterocycles. The molecule has 5 nitrogen and oxygen atoms in total. The van der Waals surface area contributed by atoms with Gasteiger partial charge in [-0.2, -0.15) is 0 Å². The van der Waals surface area contributed by atoms with Gasteiger partial charge in [0, 0.05) is 12.7 Å². The lowest BCUT2D eigenvalue weighted by molar-refractivity contribution is 0.100. The molecule has 0 saturated heterocycles. The maximum atomic E-state index is 12.5. The number of nitrogens with two attached hydrogens (primary N) is 1. The molecule has 3 N–H and O–H groups in total. The van der Waals surface area contributed by atoms with Crippen LogP contribution in [0.3, 0.4) is 0 Å². The first kappa shape index (κ1) is 16.7. The van der Waals surface area contributed by atoms with Crippen LogP contribution >= 0.6 is 0 Å². The van der Waals surface area contributed by atoms with E-state index in [4.69, 9.17) is 10.5 Å². The lowest BCUT2D eigenvalue weighted by Gasteiger charge is -2.13. The van der Waals surface area contributed by atoms with Gasteiger partial charge in [0.15, 0.2) is 0 Å². The van der Waals surface area contributed by atoms with E-state index in [9.17, 15) is 9.59 Å². The molecule has 0 aliphatic heterocycles. The zero-order valence-electron chi connectivity index (χ0n) is 13.3. The fourth-order valence-electron chi connectivity index (χ4n) is 2.41. The molecule has 0 heterocycles. The Morgan fingerprint density at radius 1 is 1.09 bits per heavy atom. The van der Waals surface area contributed by atoms with E-state index >= 15 is 0 Å². The molecule has 2 aromatic rings. The molecular weight excluding hydrogens is 292 g/mol. The minimum Gasteiger partial charge on any atom is -0.384 e. The molecule has 2 aromatic carbocycles. The Balaban J connectivity index is 2.27. The smallest absolute Gasteiger partial charge is 0.255 e. The number of para-hydroxylation sites is 1. The second kappa shape index (κ2) is 7.56. The fourth-order valence-corrected chi connectivity index (χ4v) is 2.41. The highest BCUT2D eigenvalue weighted by atomic mass is 16.5. The number of nitrogens with one attached hydrogen (secondary N) is 1. The monoisotopic (exact) mass is 312 g/mol. The first-order chi connectivity index (χ1) is 11.0. The third kappa shape index (κ3) is 3.96. The molecular formula is C18H20N2O3. The average Bonchev–Trinajstić information content (AvgIpc) is 2.54. The van der Waals surface area contributed by atoms with Crippen LogP contribution in [0.25, 0.3) is 0 Å². The van der Waals surface area contributed by atoms with Crippen molar-refractivity contribution in [1.29, 1.82) is 0 Å². The number of anilines is 1. The van der Waals surface area contributed by atoms with Crippen LogP contribution < -0.4 is 11.1 Å². The van der Waals surface area contributed by atoms with Gasteiger partial charge < -0.3 is 15.8 Å². The number of carbonyl (C=O) groups excluding carboxylic acids is 2. The van der Waals surface area contributed by atoms with Gasteiger partial charge >= 0.3 is 0 Å². The Labute approximate surface area is 135 Å². The molecule has 0 aliphatic carbocycles. The molecule has 0 radical (unpaired) electrons. The van der Waals surface area contributed by atoms with Gasteiger partial charge in [0.1, 0.15) is 0 Å². The SMILES string of the molecule is COCCc1cccc(C(=O)Nc2ccccc2C(N)=O)c1C. The molecule has 5 heteroatoms. The van der Waals surface area contributed by atoms with E-state index in [-0.39, 0.29) is 11.5 Å². The molecule has 0 fully saturated rings. The molecule has 0 unspecified atom stereocenters. The van der Waals surface area contributed by atoms with Crippen molar-refractivity contribution in [3.8, 4) is 0 Å². The molecule has 0 atom stereocenters. The van der Waals surface area contributed by atoms with Crippen molar-refractivity contribution in [2.24, 2.45) is 5.73 Å². The molecule has 2 amide bonds. The summed E-state index contributed by atoms with van der Waals surface area (Å²) in [5.41, 5.74) is 8.56. The number of amides is 2. The van der Waals surface area contributed by atoms with Crippen molar-refractivity contribution in [2.45, 2.75) is 13.3 Å². The average molecular weight is 312 g/mol. The van der Waals surface area contributed by atoms with Gasteiger partial charge in [-0.25, -0.2) is 0 Å². The molecule has 2 rings (SSSR count). The van der Waals surface area contributed by atoms with Crippen molar-refractivity contribution in [1.82, 2.24) is 0 Å². The summed E-state index contributed by atoms with van der Waals surface area (Å²) in [5, 5.41) is 2.76. The lowest BCUT2D eigenvalue weighted by atomic mass is 9.99. The van der Waals surface area contributed by atoms with Gasteiger partial charge in [0.05, 0.1) is 17.9 Å². The first-order valence-corrected chi connectivity index (χ1v) is 7.32.